The summed E-state index contributed by atoms with van der Waals surface area (Å²) in [6.45, 7) is 0. The summed E-state index contributed by atoms with van der Waals surface area (Å²) in [5, 5.41) is 11.4. The predicted molar refractivity (Wildman–Crippen MR) is 103 cm³/mol. The third-order valence-electron chi connectivity index (χ3n) is 3.93. The second-order valence-corrected chi connectivity index (χ2v) is 7.92. The van der Waals surface area contributed by atoms with E-state index in [1.165, 1.54) is 0 Å². The lowest BCUT2D eigenvalue weighted by Crippen LogP contribution is -2.00. The second kappa shape index (κ2) is 7.16. The Labute approximate surface area is 164 Å². The van der Waals surface area contributed by atoms with Crippen LogP contribution in [0.15, 0.2) is 41.7 Å². The van der Waals surface area contributed by atoms with Crippen molar-refractivity contribution in [1.82, 2.24) is 19.7 Å². The zero-order valence-electron chi connectivity index (χ0n) is 13.0. The van der Waals surface area contributed by atoms with E-state index in [1.807, 2.05) is 24.3 Å². The molecule has 1 saturated carbocycles. The minimum atomic E-state index is 0.450. The van der Waals surface area contributed by atoms with Crippen molar-refractivity contribution in [3.63, 3.8) is 0 Å². The first-order valence-corrected chi connectivity index (χ1v) is 9.88. The molecular formula is C17H13Cl3N4S. The number of pyridine rings is 1. The highest BCUT2D eigenvalue weighted by Gasteiger charge is 2.30. The van der Waals surface area contributed by atoms with Gasteiger partial charge in [-0.2, -0.15) is 0 Å². The monoisotopic (exact) mass is 410 g/mol. The maximum atomic E-state index is 6.23. The topological polar surface area (TPSA) is 43.6 Å². The molecule has 4 nitrogen and oxygen atoms in total. The lowest BCUT2D eigenvalue weighted by atomic mass is 10.2. The Morgan fingerprint density at radius 2 is 1.80 bits per heavy atom. The van der Waals surface area contributed by atoms with E-state index in [4.69, 9.17) is 34.8 Å². The molecule has 1 aliphatic carbocycles. The molecule has 1 aromatic carbocycles. The average molecular weight is 412 g/mol. The van der Waals surface area contributed by atoms with Crippen LogP contribution >= 0.6 is 46.6 Å². The van der Waals surface area contributed by atoms with Crippen LogP contribution in [0.3, 0.4) is 0 Å². The Bertz CT molecular complexity index is 907. The lowest BCUT2D eigenvalue weighted by molar-refractivity contribution is 0.669. The molecule has 0 radical (unpaired) electrons. The minimum Gasteiger partial charge on any atom is -0.299 e. The van der Waals surface area contributed by atoms with Gasteiger partial charge in [0.25, 0.3) is 0 Å². The summed E-state index contributed by atoms with van der Waals surface area (Å²) in [5.41, 5.74) is 1.76. The van der Waals surface area contributed by atoms with Crippen molar-refractivity contribution in [3.8, 4) is 11.4 Å². The van der Waals surface area contributed by atoms with Gasteiger partial charge in [0.15, 0.2) is 11.0 Å². The first-order chi connectivity index (χ1) is 12.1. The Hall–Kier alpha value is -1.27. The number of hydrogen-bond acceptors (Lipinski definition) is 4. The van der Waals surface area contributed by atoms with Crippen LogP contribution in [0.4, 0.5) is 0 Å². The van der Waals surface area contributed by atoms with E-state index in [0.29, 0.717) is 26.9 Å². The van der Waals surface area contributed by atoms with Crippen LogP contribution in [0.25, 0.3) is 11.4 Å². The summed E-state index contributed by atoms with van der Waals surface area (Å²) in [4.78, 5) is 4.31. The molecule has 0 atom stereocenters. The molecule has 0 bridgehead atoms. The third kappa shape index (κ3) is 3.65. The van der Waals surface area contributed by atoms with E-state index in [1.54, 1.807) is 24.0 Å². The maximum absolute atomic E-state index is 6.23. The van der Waals surface area contributed by atoms with Gasteiger partial charge >= 0.3 is 0 Å². The number of halogens is 3. The predicted octanol–water partition coefficient (Wildman–Crippen LogP) is 5.93. The van der Waals surface area contributed by atoms with Gasteiger partial charge < -0.3 is 0 Å². The fourth-order valence-corrected chi connectivity index (χ4v) is 4.03. The van der Waals surface area contributed by atoms with Crippen LogP contribution in [0.5, 0.6) is 0 Å². The largest absolute Gasteiger partial charge is 0.299 e. The summed E-state index contributed by atoms with van der Waals surface area (Å²) >= 11 is 19.8. The molecule has 0 saturated heterocycles. The van der Waals surface area contributed by atoms with Gasteiger partial charge in [-0.25, -0.2) is 0 Å². The quantitative estimate of drug-likeness (QED) is 0.488. The highest BCUT2D eigenvalue weighted by atomic mass is 35.5. The first-order valence-electron chi connectivity index (χ1n) is 7.76. The standard InChI is InChI=1S/C17H13Cl3N4S/c18-11-3-1-10(2-4-11)16-22-23-17(24(16)12-5-6-12)25-9-14-15(20)13(19)7-8-21-14/h1-4,7-8,12H,5-6,9H2. The van der Waals surface area contributed by atoms with Crippen molar-refractivity contribution >= 4 is 46.6 Å². The van der Waals surface area contributed by atoms with Gasteiger partial charge in [0.2, 0.25) is 0 Å². The highest BCUT2D eigenvalue weighted by Crippen LogP contribution is 2.42. The smallest absolute Gasteiger partial charge is 0.192 e. The summed E-state index contributed by atoms with van der Waals surface area (Å²) in [5.74, 6) is 1.46. The van der Waals surface area contributed by atoms with Crippen molar-refractivity contribution < 1.29 is 0 Å². The second-order valence-electron chi connectivity index (χ2n) is 5.76. The van der Waals surface area contributed by atoms with E-state index < -0.39 is 0 Å². The zero-order chi connectivity index (χ0) is 17.4. The summed E-state index contributed by atoms with van der Waals surface area (Å²) in [6, 6.07) is 9.80. The normalized spacial score (nSPS) is 14.0. The van der Waals surface area contributed by atoms with Crippen LogP contribution in [-0.4, -0.2) is 19.7 Å². The SMILES string of the molecule is Clc1ccc(-c2nnc(SCc3nccc(Cl)c3Cl)n2C2CC2)cc1. The molecule has 4 rings (SSSR count). The van der Waals surface area contributed by atoms with Crippen molar-refractivity contribution in [2.45, 2.75) is 29.8 Å². The molecule has 3 aromatic rings. The Balaban J connectivity index is 1.62. The highest BCUT2D eigenvalue weighted by molar-refractivity contribution is 7.98. The molecule has 0 amide bonds. The van der Waals surface area contributed by atoms with Crippen LogP contribution in [0.1, 0.15) is 24.6 Å². The van der Waals surface area contributed by atoms with Crippen molar-refractivity contribution in [2.75, 3.05) is 0 Å². The van der Waals surface area contributed by atoms with Gasteiger partial charge in [-0.1, -0.05) is 46.6 Å². The Morgan fingerprint density at radius 1 is 1.04 bits per heavy atom. The zero-order valence-corrected chi connectivity index (χ0v) is 16.1. The molecule has 1 fully saturated rings. The Kier molecular flexibility index (Phi) is 4.91. The van der Waals surface area contributed by atoms with E-state index in [-0.39, 0.29) is 0 Å². The molecule has 0 unspecified atom stereocenters. The van der Waals surface area contributed by atoms with Gasteiger partial charge in [0, 0.05) is 28.6 Å². The Morgan fingerprint density at radius 3 is 2.52 bits per heavy atom. The molecule has 2 aromatic heterocycles. The first kappa shape index (κ1) is 17.2. The molecule has 2 heterocycles. The van der Waals surface area contributed by atoms with Crippen molar-refractivity contribution in [2.24, 2.45) is 0 Å². The third-order valence-corrected chi connectivity index (χ3v) is 5.97. The van der Waals surface area contributed by atoms with Crippen LogP contribution in [0.2, 0.25) is 15.1 Å². The molecule has 1 aliphatic rings. The van der Waals surface area contributed by atoms with Gasteiger partial charge in [-0.3, -0.25) is 9.55 Å². The van der Waals surface area contributed by atoms with Crippen molar-refractivity contribution in [1.29, 1.82) is 0 Å². The molecule has 8 heteroatoms. The number of aromatic nitrogens is 4. The van der Waals surface area contributed by atoms with Gasteiger partial charge in [0.1, 0.15) is 0 Å². The number of hydrogen-bond donors (Lipinski definition) is 0. The molecule has 128 valence electrons. The summed E-state index contributed by atoms with van der Waals surface area (Å²) in [7, 11) is 0. The fourth-order valence-electron chi connectivity index (χ4n) is 2.53. The van der Waals surface area contributed by atoms with E-state index >= 15 is 0 Å². The molecule has 0 aliphatic heterocycles. The van der Waals surface area contributed by atoms with E-state index in [9.17, 15) is 0 Å². The number of rotatable bonds is 5. The van der Waals surface area contributed by atoms with Gasteiger partial charge in [-0.15, -0.1) is 10.2 Å². The van der Waals surface area contributed by atoms with Gasteiger partial charge in [0.05, 0.1) is 15.7 Å². The number of benzene rings is 1. The van der Waals surface area contributed by atoms with Crippen LogP contribution < -0.4 is 0 Å². The molecule has 0 N–H and O–H groups in total. The van der Waals surface area contributed by atoms with Gasteiger partial charge in [-0.05, 0) is 43.2 Å². The molecule has 25 heavy (non-hydrogen) atoms. The lowest BCUT2D eigenvalue weighted by Gasteiger charge is -2.09. The number of thioether (sulfide) groups is 1. The summed E-state index contributed by atoms with van der Waals surface area (Å²) in [6.07, 6.45) is 3.94. The van der Waals surface area contributed by atoms with E-state index in [0.717, 1.165) is 35.1 Å². The van der Waals surface area contributed by atoms with E-state index in [2.05, 4.69) is 19.7 Å². The maximum Gasteiger partial charge on any atom is 0.192 e. The average Bonchev–Trinajstić information content (AvgIpc) is 3.37. The van der Waals surface area contributed by atoms with Crippen LogP contribution in [-0.2, 0) is 5.75 Å². The summed E-state index contributed by atoms with van der Waals surface area (Å²) < 4.78 is 2.20. The molecule has 0 spiro atoms. The van der Waals surface area contributed by atoms with Crippen molar-refractivity contribution in [3.05, 3.63) is 57.3 Å². The minimum absolute atomic E-state index is 0.450. The fraction of sp³-hybridized carbons (Fsp3) is 0.235. The number of nitrogens with zero attached hydrogens (tertiary/aromatic N) is 4. The van der Waals surface area contributed by atoms with Crippen LogP contribution in [0, 0.1) is 0 Å². The molecular weight excluding hydrogens is 399 g/mol.